The van der Waals surface area contributed by atoms with Gasteiger partial charge in [0, 0.05) is 19.0 Å². The second-order valence-electron chi connectivity index (χ2n) is 11.2. The van der Waals surface area contributed by atoms with Crippen LogP contribution in [0.2, 0.25) is 0 Å². The van der Waals surface area contributed by atoms with Crippen LogP contribution < -0.4 is 34.4 Å². The van der Waals surface area contributed by atoms with Crippen molar-refractivity contribution in [3.8, 4) is 0 Å². The fourth-order valence-corrected chi connectivity index (χ4v) is 5.69. The van der Waals surface area contributed by atoms with Gasteiger partial charge in [-0.2, -0.15) is 0 Å². The van der Waals surface area contributed by atoms with Crippen LogP contribution in [0.4, 0.5) is 0 Å². The highest BCUT2D eigenvalue weighted by Gasteiger charge is 2.52. The van der Waals surface area contributed by atoms with Gasteiger partial charge in [0.05, 0.1) is 18.8 Å². The number of hydrogen-bond donors (Lipinski definition) is 13. The van der Waals surface area contributed by atoms with Gasteiger partial charge in [0.2, 0.25) is 0 Å². The van der Waals surface area contributed by atoms with Crippen molar-refractivity contribution in [2.24, 2.45) is 45.3 Å². The largest absolute Gasteiger partial charge is 0.394 e. The summed E-state index contributed by atoms with van der Waals surface area (Å²) in [6, 6.07) is -3.65. The summed E-state index contributed by atoms with van der Waals surface area (Å²) in [6.07, 6.45) is -17.6. The Kier molecular flexibility index (Phi) is 13.0. The first-order valence-corrected chi connectivity index (χ1v) is 14.1. The molecule has 0 bridgehead atoms. The van der Waals surface area contributed by atoms with Gasteiger partial charge in [-0.25, -0.2) is 4.99 Å². The third-order valence-electron chi connectivity index (χ3n) is 8.13. The zero-order valence-corrected chi connectivity index (χ0v) is 23.6. The molecule has 3 fully saturated rings. The van der Waals surface area contributed by atoms with E-state index in [0.29, 0.717) is 0 Å². The van der Waals surface area contributed by atoms with Crippen LogP contribution in [0, 0.1) is 5.92 Å². The molecule has 2 saturated heterocycles. The molecule has 0 amide bonds. The summed E-state index contributed by atoms with van der Waals surface area (Å²) in [4.78, 5) is 16.7. The van der Waals surface area contributed by atoms with Crippen molar-refractivity contribution in [3.05, 3.63) is 0 Å². The lowest BCUT2D eigenvalue weighted by atomic mass is 9.76. The first-order valence-electron chi connectivity index (χ1n) is 14.1. The van der Waals surface area contributed by atoms with E-state index in [9.17, 15) is 40.5 Å². The maximum Gasteiger partial charge on any atom is 0.186 e. The topological polar surface area (TPSA) is 364 Å². The highest BCUT2D eigenvalue weighted by atomic mass is 16.7. The summed E-state index contributed by atoms with van der Waals surface area (Å²) < 4.78 is 23.2. The smallest absolute Gasteiger partial charge is 0.186 e. The van der Waals surface area contributed by atoms with Gasteiger partial charge in [0.15, 0.2) is 24.3 Å². The highest BCUT2D eigenvalue weighted by molar-refractivity contribution is 5.83. The Labute approximate surface area is 247 Å². The van der Waals surface area contributed by atoms with E-state index in [1.54, 1.807) is 0 Å². The maximum absolute atomic E-state index is 12.8. The summed E-state index contributed by atoms with van der Waals surface area (Å²) in [5.74, 6) is -1.91. The molecule has 2 aliphatic heterocycles. The van der Waals surface area contributed by atoms with Gasteiger partial charge in [0.1, 0.15) is 61.0 Å². The summed E-state index contributed by atoms with van der Waals surface area (Å²) in [5.41, 5.74) is 34.4. The Bertz CT molecular complexity index is 933. The quantitative estimate of drug-likeness (QED) is 0.0706. The van der Waals surface area contributed by atoms with Crippen molar-refractivity contribution < 1.29 is 59.5 Å². The molecule has 0 radical (unpaired) electrons. The van der Waals surface area contributed by atoms with Gasteiger partial charge in [-0.1, -0.05) is 0 Å². The standard InChI is InChI=1S/C24H47N7O12/c25-2-1-9(33)10(34)4-7-3-8(27)21(43-22-14(31-24(29)30)18(38)16(36)11(5-26)40-22)19(39)20(7)42-23-17(37)13(28)15(35)12(6-32)41-23/h7-9,11-23,32-33,35-39H,1-6,25-28H2,(H4,29,30,31)/t7-,8-,9-,11+,12+,13-,14+,15+,16+,17+,18+,19+,20-,21?,22+,23+/m0/s1. The number of ether oxygens (including phenoxy) is 4. The van der Waals surface area contributed by atoms with Crippen molar-refractivity contribution in [2.45, 2.75) is 111 Å². The lowest BCUT2D eigenvalue weighted by molar-refractivity contribution is -0.323. The number of Topliss-reactive ketones (excluding diaryl/α,β-unsaturated/α-hetero) is 1. The van der Waals surface area contributed by atoms with Crippen molar-refractivity contribution in [1.82, 2.24) is 0 Å². The van der Waals surface area contributed by atoms with E-state index in [1.165, 1.54) is 0 Å². The van der Waals surface area contributed by atoms with Gasteiger partial charge in [-0.3, -0.25) is 4.79 Å². The van der Waals surface area contributed by atoms with Crippen LogP contribution >= 0.6 is 0 Å². The summed E-state index contributed by atoms with van der Waals surface area (Å²) >= 11 is 0. The van der Waals surface area contributed by atoms with E-state index < -0.39 is 116 Å². The molecule has 2 heterocycles. The number of hydrogen-bond acceptors (Lipinski definition) is 17. The van der Waals surface area contributed by atoms with Gasteiger partial charge in [0.25, 0.3) is 0 Å². The number of nitrogens with two attached hydrogens (primary N) is 6. The monoisotopic (exact) mass is 625 g/mol. The molecule has 1 unspecified atom stereocenters. The zero-order chi connectivity index (χ0) is 32.2. The predicted molar refractivity (Wildman–Crippen MR) is 146 cm³/mol. The minimum Gasteiger partial charge on any atom is -0.394 e. The zero-order valence-electron chi connectivity index (χ0n) is 23.6. The lowest BCUT2D eigenvalue weighted by Gasteiger charge is -2.49. The number of guanidine groups is 1. The minimum atomic E-state index is -1.66. The number of aliphatic imine (C=N–C) groups is 1. The van der Waals surface area contributed by atoms with E-state index in [-0.39, 0.29) is 32.4 Å². The Morgan fingerprint density at radius 2 is 1.51 bits per heavy atom. The summed E-state index contributed by atoms with van der Waals surface area (Å²) in [7, 11) is 0. The van der Waals surface area contributed by atoms with Crippen LogP contribution in [-0.2, 0) is 23.7 Å². The summed E-state index contributed by atoms with van der Waals surface area (Å²) in [6.45, 7) is -0.842. The Morgan fingerprint density at radius 3 is 2.09 bits per heavy atom. The molecule has 3 aliphatic rings. The molecule has 0 aromatic heterocycles. The van der Waals surface area contributed by atoms with Crippen molar-refractivity contribution >= 4 is 11.7 Å². The minimum absolute atomic E-state index is 0.00548. The first kappa shape index (κ1) is 35.8. The van der Waals surface area contributed by atoms with E-state index in [0.717, 1.165) is 0 Å². The number of carbonyl (C=O) groups excluding carboxylic acids is 1. The number of aliphatic hydroxyl groups is 7. The first-order chi connectivity index (χ1) is 20.2. The van der Waals surface area contributed by atoms with Gasteiger partial charge in [-0.05, 0) is 25.3 Å². The predicted octanol–water partition coefficient (Wildman–Crippen LogP) is -8.05. The fraction of sp³-hybridized carbons (Fsp3) is 0.917. The van der Waals surface area contributed by atoms with Crippen molar-refractivity contribution in [3.63, 3.8) is 0 Å². The molecular weight excluding hydrogens is 578 g/mol. The third kappa shape index (κ3) is 8.14. The summed E-state index contributed by atoms with van der Waals surface area (Å²) in [5, 5.41) is 73.3. The van der Waals surface area contributed by atoms with Crippen LogP contribution in [0.5, 0.6) is 0 Å². The lowest BCUT2D eigenvalue weighted by Crippen LogP contribution is -2.66. The molecule has 19 heteroatoms. The van der Waals surface area contributed by atoms with E-state index in [2.05, 4.69) is 4.99 Å². The second-order valence-corrected chi connectivity index (χ2v) is 11.2. The van der Waals surface area contributed by atoms with Crippen LogP contribution in [-0.4, -0.2) is 159 Å². The molecule has 19 nitrogen and oxygen atoms in total. The SMILES string of the molecule is NCC[C@H](O)C(=O)C[C@@H]1C[C@H](N)C(O[C@H]2O[C@H](CN)[C@@H](O)[C@H](O)[C@H]2N=C(N)N)[C@H](O)[C@H]1O[C@H]1O[C@H](CO)[C@@H](O)[C@H](N)[C@H]1O. The second kappa shape index (κ2) is 15.6. The maximum atomic E-state index is 12.8. The van der Waals surface area contributed by atoms with Crippen molar-refractivity contribution in [2.75, 3.05) is 19.7 Å². The molecule has 250 valence electrons. The molecule has 0 aromatic rings. The Balaban J connectivity index is 1.91. The number of nitrogens with zero attached hydrogens (tertiary/aromatic N) is 1. The molecule has 43 heavy (non-hydrogen) atoms. The molecule has 19 N–H and O–H groups in total. The molecule has 1 saturated carbocycles. The number of carbonyl (C=O) groups is 1. The highest BCUT2D eigenvalue weighted by Crippen LogP contribution is 2.36. The molecule has 3 rings (SSSR count). The fourth-order valence-electron chi connectivity index (χ4n) is 5.69. The molecule has 0 aromatic carbocycles. The van der Waals surface area contributed by atoms with Crippen LogP contribution in [0.25, 0.3) is 0 Å². The normalized spacial score (nSPS) is 44.5. The van der Waals surface area contributed by atoms with Crippen LogP contribution in [0.15, 0.2) is 4.99 Å². The third-order valence-corrected chi connectivity index (χ3v) is 8.13. The average molecular weight is 626 g/mol. The van der Waals surface area contributed by atoms with Crippen LogP contribution in [0.3, 0.4) is 0 Å². The van der Waals surface area contributed by atoms with Crippen LogP contribution in [0.1, 0.15) is 19.3 Å². The van der Waals surface area contributed by atoms with Crippen molar-refractivity contribution in [1.29, 1.82) is 0 Å². The molecule has 0 spiro atoms. The van der Waals surface area contributed by atoms with Gasteiger partial charge >= 0.3 is 0 Å². The van der Waals surface area contributed by atoms with E-state index in [4.69, 9.17) is 53.3 Å². The van der Waals surface area contributed by atoms with Gasteiger partial charge < -0.3 is 89.1 Å². The Hall–Kier alpha value is -1.66. The Morgan fingerprint density at radius 1 is 0.884 bits per heavy atom. The number of aliphatic hydroxyl groups excluding tert-OH is 7. The average Bonchev–Trinajstić information content (AvgIpc) is 2.96. The van der Waals surface area contributed by atoms with Gasteiger partial charge in [-0.15, -0.1) is 0 Å². The van der Waals surface area contributed by atoms with E-state index >= 15 is 0 Å². The molecule has 16 atom stereocenters. The molecular formula is C24H47N7O12. The van der Waals surface area contributed by atoms with E-state index in [1.807, 2.05) is 0 Å². The molecule has 1 aliphatic carbocycles. The number of ketones is 1. The number of rotatable bonds is 12.